The largest absolute Gasteiger partial charge is 0.466 e. The van der Waals surface area contributed by atoms with Crippen LogP contribution in [0.4, 0.5) is 0 Å². The minimum absolute atomic E-state index is 0.0129. The van der Waals surface area contributed by atoms with Crippen LogP contribution in [0.25, 0.3) is 0 Å². The van der Waals surface area contributed by atoms with Gasteiger partial charge in [0.15, 0.2) is 0 Å². The van der Waals surface area contributed by atoms with Crippen LogP contribution in [0.2, 0.25) is 0 Å². The number of epoxide rings is 2. The molecule has 9 atom stereocenters. The van der Waals surface area contributed by atoms with E-state index in [1.807, 2.05) is 6.92 Å². The molecule has 4 heteroatoms. The molecular formula is C15H18O4. The Labute approximate surface area is 111 Å². The highest BCUT2D eigenvalue weighted by Gasteiger charge is 2.98. The molecule has 1 unspecified atom stereocenters. The van der Waals surface area contributed by atoms with Crippen molar-refractivity contribution in [3.63, 3.8) is 0 Å². The van der Waals surface area contributed by atoms with Crippen molar-refractivity contribution < 1.29 is 19.0 Å². The van der Waals surface area contributed by atoms with E-state index in [9.17, 15) is 4.79 Å². The predicted octanol–water partition coefficient (Wildman–Crippen LogP) is 1.13. The number of rotatable bonds is 2. The van der Waals surface area contributed by atoms with E-state index < -0.39 is 0 Å². The molecule has 4 saturated carbocycles. The molecule has 2 saturated heterocycles. The van der Waals surface area contributed by atoms with Crippen molar-refractivity contribution in [2.24, 2.45) is 29.6 Å². The summed E-state index contributed by atoms with van der Waals surface area (Å²) in [5.74, 6) is 2.27. The third-order valence-electron chi connectivity index (χ3n) is 7.02. The van der Waals surface area contributed by atoms with Gasteiger partial charge in [0.1, 0.15) is 11.2 Å². The van der Waals surface area contributed by atoms with E-state index in [1.165, 1.54) is 19.3 Å². The first-order valence-corrected chi connectivity index (χ1v) is 7.78. The Morgan fingerprint density at radius 1 is 1.16 bits per heavy atom. The summed E-state index contributed by atoms with van der Waals surface area (Å²) in [6.45, 7) is 2.36. The van der Waals surface area contributed by atoms with Crippen LogP contribution < -0.4 is 0 Å². The summed E-state index contributed by atoms with van der Waals surface area (Å²) < 4.78 is 17.7. The first-order valence-electron chi connectivity index (χ1n) is 7.78. The lowest BCUT2D eigenvalue weighted by Crippen LogP contribution is -2.46. The van der Waals surface area contributed by atoms with Gasteiger partial charge in [-0.05, 0) is 38.0 Å². The second-order valence-electron chi connectivity index (χ2n) is 7.30. The molecule has 4 nitrogen and oxygen atoms in total. The summed E-state index contributed by atoms with van der Waals surface area (Å²) >= 11 is 0. The van der Waals surface area contributed by atoms with Gasteiger partial charge in [-0.25, -0.2) is 0 Å². The Kier molecular flexibility index (Phi) is 1.39. The maximum atomic E-state index is 12.1. The molecular weight excluding hydrogens is 244 g/mol. The van der Waals surface area contributed by atoms with Crippen molar-refractivity contribution in [2.75, 3.05) is 6.61 Å². The van der Waals surface area contributed by atoms with E-state index in [0.717, 1.165) is 0 Å². The van der Waals surface area contributed by atoms with E-state index in [0.29, 0.717) is 42.5 Å². The molecule has 4 aliphatic carbocycles. The zero-order valence-electron chi connectivity index (χ0n) is 11.0. The summed E-state index contributed by atoms with van der Waals surface area (Å²) in [4.78, 5) is 12.1. The van der Waals surface area contributed by atoms with Gasteiger partial charge >= 0.3 is 5.97 Å². The number of fused-ring (bicyclic) bond motifs is 5. The van der Waals surface area contributed by atoms with E-state index in [4.69, 9.17) is 14.2 Å². The fraction of sp³-hybridized carbons (Fsp3) is 0.933. The van der Waals surface area contributed by atoms with E-state index >= 15 is 0 Å². The first kappa shape index (κ1) is 10.2. The number of ether oxygens (including phenoxy) is 3. The number of carbonyl (C=O) groups is 1. The first-order chi connectivity index (χ1) is 9.25. The SMILES string of the molecule is CCOC(=O)C1[C@@H]2[C@H]1[C@H]1O[C@]13[C@H]1CC[C@H](C1)[C@@]31O[C@@H]21. The van der Waals surface area contributed by atoms with Crippen LogP contribution in [0.5, 0.6) is 0 Å². The van der Waals surface area contributed by atoms with Crippen LogP contribution in [0.15, 0.2) is 0 Å². The van der Waals surface area contributed by atoms with Gasteiger partial charge in [0.05, 0.1) is 24.7 Å². The molecule has 0 N–H and O–H groups in total. The van der Waals surface area contributed by atoms with Crippen molar-refractivity contribution in [1.82, 2.24) is 0 Å². The van der Waals surface area contributed by atoms with Gasteiger partial charge in [-0.1, -0.05) is 0 Å². The Morgan fingerprint density at radius 2 is 1.74 bits per heavy atom. The molecule has 6 aliphatic rings. The lowest BCUT2D eigenvalue weighted by Gasteiger charge is -2.28. The van der Waals surface area contributed by atoms with Gasteiger partial charge in [0, 0.05) is 11.8 Å². The third-order valence-corrected chi connectivity index (χ3v) is 7.02. The molecule has 2 heterocycles. The molecule has 2 bridgehead atoms. The Hall–Kier alpha value is -0.610. The zero-order valence-corrected chi connectivity index (χ0v) is 11.0. The molecule has 2 spiro atoms. The Bertz CT molecular complexity index is 482. The number of hydrogen-bond donors (Lipinski definition) is 0. The average molecular weight is 262 g/mol. The molecule has 0 amide bonds. The van der Waals surface area contributed by atoms with Crippen molar-refractivity contribution in [3.8, 4) is 0 Å². The van der Waals surface area contributed by atoms with Gasteiger partial charge in [0.2, 0.25) is 0 Å². The van der Waals surface area contributed by atoms with Crippen LogP contribution in [0.1, 0.15) is 26.2 Å². The number of hydrogen-bond acceptors (Lipinski definition) is 4. The van der Waals surface area contributed by atoms with Crippen molar-refractivity contribution in [1.29, 1.82) is 0 Å². The van der Waals surface area contributed by atoms with Gasteiger partial charge < -0.3 is 14.2 Å². The van der Waals surface area contributed by atoms with Gasteiger partial charge in [-0.2, -0.15) is 0 Å². The second kappa shape index (κ2) is 2.60. The van der Waals surface area contributed by atoms with Crippen molar-refractivity contribution in [2.45, 2.75) is 49.6 Å². The maximum absolute atomic E-state index is 12.1. The van der Waals surface area contributed by atoms with Crippen LogP contribution in [0, 0.1) is 29.6 Å². The highest BCUT2D eigenvalue weighted by molar-refractivity contribution is 5.78. The lowest BCUT2D eigenvalue weighted by molar-refractivity contribution is -0.145. The highest BCUT2D eigenvalue weighted by Crippen LogP contribution is 2.85. The molecule has 0 aromatic carbocycles. The highest BCUT2D eigenvalue weighted by atomic mass is 16.7. The van der Waals surface area contributed by atoms with Crippen molar-refractivity contribution >= 4 is 5.97 Å². The third kappa shape index (κ3) is 0.786. The molecule has 2 aliphatic heterocycles. The fourth-order valence-corrected chi connectivity index (χ4v) is 6.46. The number of carbonyl (C=O) groups excluding carboxylic acids is 1. The Balaban J connectivity index is 1.39. The molecule has 0 aromatic rings. The summed E-state index contributed by atoms with van der Waals surface area (Å²) in [6.07, 6.45) is 4.53. The Morgan fingerprint density at radius 3 is 2.26 bits per heavy atom. The quantitative estimate of drug-likeness (QED) is 0.553. The second-order valence-corrected chi connectivity index (χ2v) is 7.30. The van der Waals surface area contributed by atoms with Crippen molar-refractivity contribution in [3.05, 3.63) is 0 Å². The molecule has 102 valence electrons. The average Bonchev–Trinajstić information content (AvgIpc) is 3.26. The molecule has 6 rings (SSSR count). The lowest BCUT2D eigenvalue weighted by atomic mass is 9.70. The van der Waals surface area contributed by atoms with Crippen LogP contribution in [0.3, 0.4) is 0 Å². The topological polar surface area (TPSA) is 51.4 Å². The van der Waals surface area contributed by atoms with Gasteiger partial charge in [-0.3, -0.25) is 4.79 Å². The molecule has 19 heavy (non-hydrogen) atoms. The number of esters is 1. The fourth-order valence-electron chi connectivity index (χ4n) is 6.46. The van der Waals surface area contributed by atoms with Crippen LogP contribution in [-0.4, -0.2) is 36.0 Å². The summed E-state index contributed by atoms with van der Waals surface area (Å²) in [5, 5.41) is 0. The normalized spacial score (nSPS) is 68.6. The summed E-state index contributed by atoms with van der Waals surface area (Å²) in [7, 11) is 0. The minimum Gasteiger partial charge on any atom is -0.466 e. The predicted molar refractivity (Wildman–Crippen MR) is 63.1 cm³/mol. The molecule has 0 aromatic heterocycles. The van der Waals surface area contributed by atoms with E-state index in [2.05, 4.69) is 0 Å². The standard InChI is InChI=1S/C15H18O4/c1-2-17-13(16)10-8-9(10)12-15(19-12)7-4-3-6(5-7)14(15)11(8)18-14/h6-12H,2-5H2,1H3/t6-,7+,8+,9-,10?,11+,12-,14+,15-. The van der Waals surface area contributed by atoms with Gasteiger partial charge in [-0.15, -0.1) is 0 Å². The molecule has 6 fully saturated rings. The minimum atomic E-state index is -0.0129. The van der Waals surface area contributed by atoms with E-state index in [-0.39, 0.29) is 23.1 Å². The monoisotopic (exact) mass is 262 g/mol. The van der Waals surface area contributed by atoms with E-state index in [1.54, 1.807) is 0 Å². The molecule has 0 radical (unpaired) electrons. The zero-order chi connectivity index (χ0) is 12.6. The van der Waals surface area contributed by atoms with Gasteiger partial charge in [0.25, 0.3) is 0 Å². The van der Waals surface area contributed by atoms with Crippen LogP contribution in [-0.2, 0) is 19.0 Å². The summed E-state index contributed by atoms with van der Waals surface area (Å²) in [5.41, 5.74) is 0.0615. The van der Waals surface area contributed by atoms with Crippen LogP contribution >= 0.6 is 0 Å². The smallest absolute Gasteiger partial charge is 0.309 e. The summed E-state index contributed by atoms with van der Waals surface area (Å²) in [6, 6.07) is 0. The maximum Gasteiger partial charge on any atom is 0.309 e.